The van der Waals surface area contributed by atoms with Crippen LogP contribution in [0, 0.1) is 0 Å². The van der Waals surface area contributed by atoms with E-state index in [9.17, 15) is 4.79 Å². The quantitative estimate of drug-likeness (QED) is 0.835. The highest BCUT2D eigenvalue weighted by molar-refractivity contribution is 5.79. The molecular weight excluding hydrogens is 318 g/mol. The highest BCUT2D eigenvalue weighted by Gasteiger charge is 2.35. The Morgan fingerprint density at radius 3 is 2.68 bits per heavy atom. The molecule has 1 aromatic heterocycles. The van der Waals surface area contributed by atoms with E-state index in [1.54, 1.807) is 7.11 Å². The fraction of sp³-hybridized carbons (Fsp3) is 0.526. The molecule has 6 heteroatoms. The molecule has 1 aliphatic heterocycles. The number of hydrogen-bond donors (Lipinski definition) is 0. The minimum Gasteiger partial charge on any atom is -0.497 e. The number of carbonyl (C=O) groups is 1. The highest BCUT2D eigenvalue weighted by atomic mass is 16.5. The van der Waals surface area contributed by atoms with Gasteiger partial charge >= 0.3 is 0 Å². The van der Waals surface area contributed by atoms with Crippen LogP contribution in [0.2, 0.25) is 0 Å². The number of nitrogens with zero attached hydrogens (tertiary/aromatic N) is 3. The van der Waals surface area contributed by atoms with Gasteiger partial charge in [-0.2, -0.15) is 4.98 Å². The first-order valence-corrected chi connectivity index (χ1v) is 8.97. The Hall–Kier alpha value is -2.37. The lowest BCUT2D eigenvalue weighted by Crippen LogP contribution is -2.24. The van der Waals surface area contributed by atoms with E-state index in [2.05, 4.69) is 10.1 Å². The van der Waals surface area contributed by atoms with E-state index in [1.165, 1.54) is 12.8 Å². The summed E-state index contributed by atoms with van der Waals surface area (Å²) >= 11 is 0. The molecule has 6 nitrogen and oxygen atoms in total. The van der Waals surface area contributed by atoms with Crippen molar-refractivity contribution >= 4 is 5.91 Å². The molecule has 0 radical (unpaired) electrons. The summed E-state index contributed by atoms with van der Waals surface area (Å²) in [5, 5.41) is 4.17. The molecule has 0 bridgehead atoms. The van der Waals surface area contributed by atoms with Crippen molar-refractivity contribution in [2.45, 2.75) is 50.5 Å². The molecule has 1 aliphatic carbocycles. The number of likely N-dealkylation sites (tertiary alicyclic amines) is 1. The van der Waals surface area contributed by atoms with Crippen molar-refractivity contribution < 1.29 is 14.1 Å². The van der Waals surface area contributed by atoms with Gasteiger partial charge in [-0.15, -0.1) is 0 Å². The standard InChI is InChI=1S/C19H23N3O3/c1-24-16-8-6-13(7-9-16)11-22-12-15(10-17(22)23)19-20-18(21-25-19)14-4-2-3-5-14/h6-9,14-15H,2-5,10-12H2,1H3/t15-/m0/s1. The molecular formula is C19H23N3O3. The molecule has 1 saturated heterocycles. The normalized spacial score (nSPS) is 21.2. The molecule has 1 atom stereocenters. The Morgan fingerprint density at radius 1 is 1.20 bits per heavy atom. The number of ether oxygens (including phenoxy) is 1. The van der Waals surface area contributed by atoms with Gasteiger partial charge in [0.25, 0.3) is 0 Å². The van der Waals surface area contributed by atoms with Gasteiger partial charge in [0.15, 0.2) is 5.82 Å². The van der Waals surface area contributed by atoms with Crippen LogP contribution in [-0.4, -0.2) is 34.6 Å². The Morgan fingerprint density at radius 2 is 1.96 bits per heavy atom. The number of rotatable bonds is 5. The maximum atomic E-state index is 12.4. The van der Waals surface area contributed by atoms with Crippen LogP contribution in [0.3, 0.4) is 0 Å². The summed E-state index contributed by atoms with van der Waals surface area (Å²) in [5.74, 6) is 2.85. The first-order chi connectivity index (χ1) is 12.2. The molecule has 0 N–H and O–H groups in total. The monoisotopic (exact) mass is 341 g/mol. The summed E-state index contributed by atoms with van der Waals surface area (Å²) < 4.78 is 10.7. The van der Waals surface area contributed by atoms with Crippen molar-refractivity contribution in [2.24, 2.45) is 0 Å². The third-order valence-electron chi connectivity index (χ3n) is 5.27. The summed E-state index contributed by atoms with van der Waals surface area (Å²) in [7, 11) is 1.65. The van der Waals surface area contributed by atoms with E-state index in [-0.39, 0.29) is 11.8 Å². The average molecular weight is 341 g/mol. The lowest BCUT2D eigenvalue weighted by Gasteiger charge is -2.16. The molecule has 132 valence electrons. The summed E-state index contributed by atoms with van der Waals surface area (Å²) in [6.07, 6.45) is 5.22. The molecule has 0 spiro atoms. The Balaban J connectivity index is 1.41. The van der Waals surface area contributed by atoms with Gasteiger partial charge in [0.1, 0.15) is 5.75 Å². The minimum absolute atomic E-state index is 0.00778. The fourth-order valence-electron chi connectivity index (χ4n) is 3.80. The largest absolute Gasteiger partial charge is 0.497 e. The minimum atomic E-state index is 0.00778. The van der Waals surface area contributed by atoms with Gasteiger partial charge in [0, 0.05) is 25.4 Å². The van der Waals surface area contributed by atoms with Gasteiger partial charge in [0.05, 0.1) is 13.0 Å². The number of methoxy groups -OCH3 is 1. The average Bonchev–Trinajstić information content (AvgIpc) is 3.36. The number of carbonyl (C=O) groups excluding carboxylic acids is 1. The summed E-state index contributed by atoms with van der Waals surface area (Å²) in [4.78, 5) is 18.8. The fourth-order valence-corrected chi connectivity index (χ4v) is 3.80. The smallest absolute Gasteiger partial charge is 0.232 e. The number of benzene rings is 1. The molecule has 1 aromatic carbocycles. The van der Waals surface area contributed by atoms with Crippen LogP contribution in [0.25, 0.3) is 0 Å². The van der Waals surface area contributed by atoms with Crippen LogP contribution in [0.4, 0.5) is 0 Å². The second-order valence-corrected chi connectivity index (χ2v) is 7.00. The van der Waals surface area contributed by atoms with Gasteiger partial charge in [-0.25, -0.2) is 0 Å². The molecule has 2 aromatic rings. The summed E-state index contributed by atoms with van der Waals surface area (Å²) in [6.45, 7) is 1.24. The van der Waals surface area contributed by atoms with Crippen molar-refractivity contribution in [1.82, 2.24) is 15.0 Å². The molecule has 2 heterocycles. The Bertz CT molecular complexity index is 735. The maximum absolute atomic E-state index is 12.4. The summed E-state index contributed by atoms with van der Waals surface area (Å²) in [5.41, 5.74) is 1.09. The third kappa shape index (κ3) is 3.38. The number of hydrogen-bond acceptors (Lipinski definition) is 5. The highest BCUT2D eigenvalue weighted by Crippen LogP contribution is 2.34. The predicted octanol–water partition coefficient (Wildman–Crippen LogP) is 3.25. The van der Waals surface area contributed by atoms with Crippen molar-refractivity contribution in [2.75, 3.05) is 13.7 Å². The SMILES string of the molecule is COc1ccc(CN2C[C@@H](c3nc(C4CCCC4)no3)CC2=O)cc1. The summed E-state index contributed by atoms with van der Waals surface area (Å²) in [6, 6.07) is 7.81. The van der Waals surface area contributed by atoms with E-state index in [4.69, 9.17) is 9.26 Å². The topological polar surface area (TPSA) is 68.5 Å². The molecule has 2 fully saturated rings. The molecule has 1 saturated carbocycles. The Kier molecular flexibility index (Phi) is 4.42. The van der Waals surface area contributed by atoms with E-state index in [1.807, 2.05) is 29.2 Å². The Labute approximate surface area is 147 Å². The number of amides is 1. The van der Waals surface area contributed by atoms with Gasteiger partial charge < -0.3 is 14.2 Å². The first-order valence-electron chi connectivity index (χ1n) is 8.97. The van der Waals surface area contributed by atoms with Crippen molar-refractivity contribution in [3.63, 3.8) is 0 Å². The van der Waals surface area contributed by atoms with Gasteiger partial charge in [-0.3, -0.25) is 4.79 Å². The van der Waals surface area contributed by atoms with Crippen LogP contribution >= 0.6 is 0 Å². The van der Waals surface area contributed by atoms with Crippen LogP contribution in [0.5, 0.6) is 5.75 Å². The lowest BCUT2D eigenvalue weighted by molar-refractivity contribution is -0.128. The van der Waals surface area contributed by atoms with Gasteiger partial charge in [-0.05, 0) is 30.5 Å². The zero-order valence-electron chi connectivity index (χ0n) is 14.5. The first kappa shape index (κ1) is 16.1. The van der Waals surface area contributed by atoms with E-state index in [0.717, 1.165) is 30.0 Å². The van der Waals surface area contributed by atoms with E-state index < -0.39 is 0 Å². The van der Waals surface area contributed by atoms with E-state index >= 15 is 0 Å². The zero-order valence-corrected chi connectivity index (χ0v) is 14.5. The zero-order chi connectivity index (χ0) is 17.2. The number of aromatic nitrogens is 2. The second-order valence-electron chi connectivity index (χ2n) is 7.00. The molecule has 4 rings (SSSR count). The van der Waals surface area contributed by atoms with Crippen molar-refractivity contribution in [3.8, 4) is 5.75 Å². The molecule has 0 unspecified atom stereocenters. The predicted molar refractivity (Wildman–Crippen MR) is 91.3 cm³/mol. The van der Waals surface area contributed by atoms with E-state index in [0.29, 0.717) is 31.3 Å². The van der Waals surface area contributed by atoms with Crippen LogP contribution in [0.1, 0.15) is 61.2 Å². The molecule has 2 aliphatic rings. The van der Waals surface area contributed by atoms with Crippen LogP contribution in [-0.2, 0) is 11.3 Å². The maximum Gasteiger partial charge on any atom is 0.232 e. The molecule has 25 heavy (non-hydrogen) atoms. The second kappa shape index (κ2) is 6.86. The van der Waals surface area contributed by atoms with Gasteiger partial charge in [-0.1, -0.05) is 30.1 Å². The van der Waals surface area contributed by atoms with Crippen molar-refractivity contribution in [1.29, 1.82) is 0 Å². The van der Waals surface area contributed by atoms with Gasteiger partial charge in [0.2, 0.25) is 11.8 Å². The molecule has 1 amide bonds. The van der Waals surface area contributed by atoms with Crippen molar-refractivity contribution in [3.05, 3.63) is 41.5 Å². The van der Waals surface area contributed by atoms with Crippen LogP contribution < -0.4 is 4.74 Å². The third-order valence-corrected chi connectivity index (χ3v) is 5.27. The lowest BCUT2D eigenvalue weighted by atomic mass is 10.1. The van der Waals surface area contributed by atoms with Crippen LogP contribution in [0.15, 0.2) is 28.8 Å².